The number of nitrogens with zero attached hydrogens (tertiary/aromatic N) is 3. The number of carboxylic acids is 1. The van der Waals surface area contributed by atoms with E-state index in [0.717, 1.165) is 25.7 Å². The predicted molar refractivity (Wildman–Crippen MR) is 67.0 cm³/mol. The summed E-state index contributed by atoms with van der Waals surface area (Å²) in [6, 6.07) is 0. The fourth-order valence-electron chi connectivity index (χ4n) is 1.42. The molecule has 0 saturated carbocycles. The third-order valence-electron chi connectivity index (χ3n) is 2.36. The lowest BCUT2D eigenvalue weighted by molar-refractivity contribution is -0.137. The van der Waals surface area contributed by atoms with Gasteiger partial charge in [0.05, 0.1) is 0 Å². The number of carbonyl (C=O) groups is 2. The number of amides is 1. The van der Waals surface area contributed by atoms with Crippen molar-refractivity contribution < 1.29 is 14.7 Å². The van der Waals surface area contributed by atoms with Crippen molar-refractivity contribution in [2.45, 2.75) is 44.9 Å². The van der Waals surface area contributed by atoms with E-state index in [0.29, 0.717) is 19.5 Å². The first-order valence-corrected chi connectivity index (χ1v) is 6.16. The molecule has 0 radical (unpaired) electrons. The van der Waals surface area contributed by atoms with Crippen LogP contribution in [0.5, 0.6) is 0 Å². The molecule has 0 heterocycles. The molecule has 0 aromatic heterocycles. The van der Waals surface area contributed by atoms with Gasteiger partial charge in [0.1, 0.15) is 0 Å². The molecule has 0 rings (SSSR count). The molecule has 0 saturated heterocycles. The highest BCUT2D eigenvalue weighted by Gasteiger charge is 2.02. The SMILES string of the molecule is [N-]=[N+]=NCCCCCCNC(=O)CCCC(=O)O. The van der Waals surface area contributed by atoms with Crippen molar-refractivity contribution in [3.63, 3.8) is 0 Å². The smallest absolute Gasteiger partial charge is 0.303 e. The quantitative estimate of drug-likeness (QED) is 0.255. The Kier molecular flexibility index (Phi) is 10.6. The highest BCUT2D eigenvalue weighted by atomic mass is 16.4. The van der Waals surface area contributed by atoms with E-state index in [-0.39, 0.29) is 18.7 Å². The van der Waals surface area contributed by atoms with Gasteiger partial charge >= 0.3 is 5.97 Å². The molecule has 0 aliphatic carbocycles. The van der Waals surface area contributed by atoms with Crippen LogP contribution in [0.1, 0.15) is 44.9 Å². The van der Waals surface area contributed by atoms with Crippen molar-refractivity contribution in [1.82, 2.24) is 5.32 Å². The summed E-state index contributed by atoms with van der Waals surface area (Å²) in [5, 5.41) is 14.6. The van der Waals surface area contributed by atoms with Crippen molar-refractivity contribution >= 4 is 11.9 Å². The Morgan fingerprint density at radius 3 is 2.50 bits per heavy atom. The molecule has 0 spiro atoms. The van der Waals surface area contributed by atoms with E-state index in [4.69, 9.17) is 10.6 Å². The standard InChI is InChI=1S/C11H20N4O3/c12-15-14-9-4-2-1-3-8-13-10(16)6-5-7-11(17)18/h1-9H2,(H,13,16)(H,17,18). The molecule has 0 aromatic carbocycles. The van der Waals surface area contributed by atoms with Crippen LogP contribution in [0.3, 0.4) is 0 Å². The van der Waals surface area contributed by atoms with Gasteiger partial charge in [0, 0.05) is 30.8 Å². The van der Waals surface area contributed by atoms with Crippen LogP contribution in [0.25, 0.3) is 10.4 Å². The van der Waals surface area contributed by atoms with Gasteiger partial charge in [-0.3, -0.25) is 9.59 Å². The van der Waals surface area contributed by atoms with Crippen LogP contribution in [0.4, 0.5) is 0 Å². The second kappa shape index (κ2) is 11.7. The fourth-order valence-corrected chi connectivity index (χ4v) is 1.42. The average molecular weight is 256 g/mol. The lowest BCUT2D eigenvalue weighted by Gasteiger charge is -2.04. The Hall–Kier alpha value is -1.75. The molecule has 102 valence electrons. The fraction of sp³-hybridized carbons (Fsp3) is 0.818. The van der Waals surface area contributed by atoms with Crippen LogP contribution in [0.2, 0.25) is 0 Å². The summed E-state index contributed by atoms with van der Waals surface area (Å²) < 4.78 is 0. The minimum absolute atomic E-state index is 0.0346. The van der Waals surface area contributed by atoms with Gasteiger partial charge in [-0.1, -0.05) is 18.0 Å². The van der Waals surface area contributed by atoms with E-state index in [2.05, 4.69) is 15.3 Å². The minimum atomic E-state index is -0.872. The van der Waals surface area contributed by atoms with Crippen LogP contribution < -0.4 is 5.32 Å². The Labute approximate surface area is 106 Å². The number of hydrogen-bond donors (Lipinski definition) is 2. The summed E-state index contributed by atoms with van der Waals surface area (Å²) in [4.78, 5) is 24.1. The Balaban J connectivity index is 3.24. The van der Waals surface area contributed by atoms with Gasteiger partial charge in [0.2, 0.25) is 5.91 Å². The predicted octanol–water partition coefficient (Wildman–Crippen LogP) is 2.23. The molecule has 0 aromatic rings. The maximum absolute atomic E-state index is 11.2. The van der Waals surface area contributed by atoms with Gasteiger partial charge in [-0.05, 0) is 24.8 Å². The zero-order chi connectivity index (χ0) is 13.6. The summed E-state index contributed by atoms with van der Waals surface area (Å²) in [5.74, 6) is -0.965. The van der Waals surface area contributed by atoms with Crippen LogP contribution in [-0.4, -0.2) is 30.1 Å². The van der Waals surface area contributed by atoms with E-state index >= 15 is 0 Å². The van der Waals surface area contributed by atoms with Crippen molar-refractivity contribution in [3.8, 4) is 0 Å². The van der Waals surface area contributed by atoms with Crippen molar-refractivity contribution in [2.75, 3.05) is 13.1 Å². The molecule has 0 bridgehead atoms. The number of azide groups is 1. The first-order valence-electron chi connectivity index (χ1n) is 6.16. The van der Waals surface area contributed by atoms with E-state index < -0.39 is 5.97 Å². The average Bonchev–Trinajstić information content (AvgIpc) is 2.32. The third kappa shape index (κ3) is 12.3. The zero-order valence-electron chi connectivity index (χ0n) is 10.5. The van der Waals surface area contributed by atoms with Gasteiger partial charge in [0.15, 0.2) is 0 Å². The molecule has 18 heavy (non-hydrogen) atoms. The molecular formula is C11H20N4O3. The Bertz CT molecular complexity index is 301. The Morgan fingerprint density at radius 2 is 1.83 bits per heavy atom. The molecule has 7 heteroatoms. The van der Waals surface area contributed by atoms with E-state index in [1.165, 1.54) is 0 Å². The minimum Gasteiger partial charge on any atom is -0.481 e. The van der Waals surface area contributed by atoms with Crippen LogP contribution in [0.15, 0.2) is 5.11 Å². The maximum atomic E-state index is 11.2. The monoisotopic (exact) mass is 256 g/mol. The van der Waals surface area contributed by atoms with Crippen LogP contribution in [0, 0.1) is 0 Å². The molecule has 2 N–H and O–H groups in total. The highest BCUT2D eigenvalue weighted by Crippen LogP contribution is 2.00. The maximum Gasteiger partial charge on any atom is 0.303 e. The summed E-state index contributed by atoms with van der Waals surface area (Å²) in [5.41, 5.74) is 8.05. The largest absolute Gasteiger partial charge is 0.481 e. The van der Waals surface area contributed by atoms with E-state index in [1.807, 2.05) is 0 Å². The third-order valence-corrected chi connectivity index (χ3v) is 2.36. The van der Waals surface area contributed by atoms with Crippen molar-refractivity contribution in [2.24, 2.45) is 5.11 Å². The number of nitrogens with one attached hydrogen (secondary N) is 1. The number of hydrogen-bond acceptors (Lipinski definition) is 3. The molecule has 0 aliphatic heterocycles. The summed E-state index contributed by atoms with van der Waals surface area (Å²) in [7, 11) is 0. The molecule has 0 atom stereocenters. The van der Waals surface area contributed by atoms with Gasteiger partial charge in [-0.2, -0.15) is 0 Å². The number of unbranched alkanes of at least 4 members (excludes halogenated alkanes) is 3. The molecule has 0 unspecified atom stereocenters. The highest BCUT2D eigenvalue weighted by molar-refractivity contribution is 5.76. The lowest BCUT2D eigenvalue weighted by atomic mass is 10.2. The van der Waals surface area contributed by atoms with Gasteiger partial charge in [-0.15, -0.1) is 0 Å². The van der Waals surface area contributed by atoms with Gasteiger partial charge in [0.25, 0.3) is 0 Å². The number of carbonyl (C=O) groups excluding carboxylic acids is 1. The second-order valence-corrected chi connectivity index (χ2v) is 3.97. The summed E-state index contributed by atoms with van der Waals surface area (Å²) in [6.45, 7) is 1.14. The first kappa shape index (κ1) is 16.2. The molecular weight excluding hydrogens is 236 g/mol. The molecule has 1 amide bonds. The summed E-state index contributed by atoms with van der Waals surface area (Å²) >= 11 is 0. The lowest BCUT2D eigenvalue weighted by Crippen LogP contribution is -2.24. The first-order chi connectivity index (χ1) is 8.66. The number of carboxylic acid groups (broad SMARTS) is 1. The molecule has 0 aliphatic rings. The van der Waals surface area contributed by atoms with Gasteiger partial charge in [-0.25, -0.2) is 0 Å². The van der Waals surface area contributed by atoms with Crippen LogP contribution >= 0.6 is 0 Å². The summed E-state index contributed by atoms with van der Waals surface area (Å²) in [6.07, 6.45) is 4.41. The normalized spacial score (nSPS) is 9.56. The molecule has 7 nitrogen and oxygen atoms in total. The van der Waals surface area contributed by atoms with Gasteiger partial charge < -0.3 is 10.4 Å². The second-order valence-electron chi connectivity index (χ2n) is 3.97. The van der Waals surface area contributed by atoms with E-state index in [9.17, 15) is 9.59 Å². The number of aliphatic carboxylic acids is 1. The Morgan fingerprint density at radius 1 is 1.11 bits per heavy atom. The van der Waals surface area contributed by atoms with Crippen molar-refractivity contribution in [1.29, 1.82) is 0 Å². The van der Waals surface area contributed by atoms with Crippen LogP contribution in [-0.2, 0) is 9.59 Å². The molecule has 0 fully saturated rings. The zero-order valence-corrected chi connectivity index (χ0v) is 10.5. The van der Waals surface area contributed by atoms with Crippen molar-refractivity contribution in [3.05, 3.63) is 10.4 Å². The van der Waals surface area contributed by atoms with E-state index in [1.54, 1.807) is 0 Å². The topological polar surface area (TPSA) is 115 Å². The number of rotatable bonds is 11.